The monoisotopic (exact) mass is 450 g/mol. The molecule has 1 fully saturated rings. The van der Waals surface area contributed by atoms with Gasteiger partial charge in [-0.25, -0.2) is 22.5 Å². The Hall–Kier alpha value is -2.49. The molecule has 1 heterocycles. The van der Waals surface area contributed by atoms with E-state index < -0.39 is 21.4 Å². The number of halogens is 2. The number of aryl methyl sites for hydroxylation is 2. The standard InChI is InChI=1S/C20H20ClFN4O3S/c1-11-14(6-7-15-16(11)19(27)26(2)10-23-15)24-18-13(22)5-4-12(17(18)21)20(8-9-20)25-30(3,28)29/h4-7,10,24-25H,8-9H2,1-3H3. The van der Waals surface area contributed by atoms with Gasteiger partial charge in [-0.15, -0.1) is 0 Å². The zero-order valence-electron chi connectivity index (χ0n) is 16.6. The molecule has 0 radical (unpaired) electrons. The van der Waals surface area contributed by atoms with Crippen molar-refractivity contribution in [3.8, 4) is 0 Å². The van der Waals surface area contributed by atoms with E-state index in [-0.39, 0.29) is 16.3 Å². The number of hydrogen-bond acceptors (Lipinski definition) is 5. The Labute approximate surface area is 177 Å². The van der Waals surface area contributed by atoms with E-state index in [0.29, 0.717) is 40.6 Å². The SMILES string of the molecule is Cc1c(Nc2c(F)ccc(C3(NS(C)(=O)=O)CC3)c2Cl)ccc2ncn(C)c(=O)c12. The van der Waals surface area contributed by atoms with Gasteiger partial charge < -0.3 is 9.88 Å². The second-order valence-corrected chi connectivity index (χ2v) is 9.78. The lowest BCUT2D eigenvalue weighted by Gasteiger charge is -2.21. The molecule has 3 aromatic rings. The fourth-order valence-electron chi connectivity index (χ4n) is 3.67. The number of nitrogens with zero attached hydrogens (tertiary/aromatic N) is 2. The van der Waals surface area contributed by atoms with Crippen LogP contribution in [0.4, 0.5) is 15.8 Å². The van der Waals surface area contributed by atoms with Crippen molar-refractivity contribution in [3.63, 3.8) is 0 Å². The molecule has 0 bridgehead atoms. The molecule has 30 heavy (non-hydrogen) atoms. The topological polar surface area (TPSA) is 93.1 Å². The van der Waals surface area contributed by atoms with Crippen molar-refractivity contribution in [1.82, 2.24) is 14.3 Å². The number of aromatic nitrogens is 2. The molecular weight excluding hydrogens is 431 g/mol. The maximum absolute atomic E-state index is 14.7. The fraction of sp³-hybridized carbons (Fsp3) is 0.300. The van der Waals surface area contributed by atoms with Crippen LogP contribution >= 0.6 is 11.6 Å². The van der Waals surface area contributed by atoms with Crippen LogP contribution in [0.1, 0.15) is 24.0 Å². The van der Waals surface area contributed by atoms with E-state index in [9.17, 15) is 17.6 Å². The van der Waals surface area contributed by atoms with Gasteiger partial charge in [-0.05, 0) is 49.1 Å². The van der Waals surface area contributed by atoms with Crippen LogP contribution in [0.15, 0.2) is 35.4 Å². The fourth-order valence-corrected chi connectivity index (χ4v) is 5.07. The highest BCUT2D eigenvalue weighted by atomic mass is 35.5. The summed E-state index contributed by atoms with van der Waals surface area (Å²) in [6.07, 6.45) is 3.67. The molecule has 2 aromatic carbocycles. The summed E-state index contributed by atoms with van der Waals surface area (Å²) in [6, 6.07) is 6.13. The van der Waals surface area contributed by atoms with E-state index >= 15 is 0 Å². The number of rotatable bonds is 5. The van der Waals surface area contributed by atoms with E-state index in [1.165, 1.54) is 23.0 Å². The lowest BCUT2D eigenvalue weighted by Crippen LogP contribution is -2.34. The first-order valence-corrected chi connectivity index (χ1v) is 11.5. The lowest BCUT2D eigenvalue weighted by atomic mass is 10.0. The number of hydrogen-bond donors (Lipinski definition) is 2. The lowest BCUT2D eigenvalue weighted by molar-refractivity contribution is 0.557. The van der Waals surface area contributed by atoms with Crippen molar-refractivity contribution in [2.24, 2.45) is 7.05 Å². The van der Waals surface area contributed by atoms with Crippen LogP contribution < -0.4 is 15.6 Å². The number of sulfonamides is 1. The quantitative estimate of drug-likeness (QED) is 0.622. The molecule has 0 spiro atoms. The summed E-state index contributed by atoms with van der Waals surface area (Å²) in [4.78, 5) is 16.8. The molecule has 1 aromatic heterocycles. The minimum Gasteiger partial charge on any atom is -0.352 e. The van der Waals surface area contributed by atoms with Crippen LogP contribution in [0.25, 0.3) is 10.9 Å². The maximum Gasteiger partial charge on any atom is 0.261 e. The Morgan fingerprint density at radius 3 is 2.57 bits per heavy atom. The van der Waals surface area contributed by atoms with Gasteiger partial charge in [-0.1, -0.05) is 17.7 Å². The summed E-state index contributed by atoms with van der Waals surface area (Å²) < 4.78 is 42.2. The molecule has 1 aliphatic rings. The minimum absolute atomic E-state index is 0.0268. The average molecular weight is 451 g/mol. The molecule has 0 atom stereocenters. The van der Waals surface area contributed by atoms with Gasteiger partial charge in [0.2, 0.25) is 10.0 Å². The molecule has 7 nitrogen and oxygen atoms in total. The van der Waals surface area contributed by atoms with Crippen molar-refractivity contribution in [2.45, 2.75) is 25.3 Å². The van der Waals surface area contributed by atoms with Gasteiger partial charge in [0, 0.05) is 12.7 Å². The summed E-state index contributed by atoms with van der Waals surface area (Å²) in [7, 11) is -1.86. The molecule has 0 aliphatic heterocycles. The van der Waals surface area contributed by atoms with Gasteiger partial charge in [0.15, 0.2) is 0 Å². The van der Waals surface area contributed by atoms with Gasteiger partial charge in [0.1, 0.15) is 5.82 Å². The van der Waals surface area contributed by atoms with E-state index in [2.05, 4.69) is 15.0 Å². The third kappa shape index (κ3) is 3.57. The Balaban J connectivity index is 1.81. The Morgan fingerprint density at radius 2 is 1.93 bits per heavy atom. The molecule has 0 saturated heterocycles. The Kier molecular flexibility index (Phi) is 4.87. The molecule has 158 valence electrons. The summed E-state index contributed by atoms with van der Waals surface area (Å²) in [5.74, 6) is -0.586. The van der Waals surface area contributed by atoms with E-state index in [1.54, 1.807) is 26.1 Å². The first-order valence-electron chi connectivity index (χ1n) is 9.22. The van der Waals surface area contributed by atoms with Crippen molar-refractivity contribution in [1.29, 1.82) is 0 Å². The largest absolute Gasteiger partial charge is 0.352 e. The highest BCUT2D eigenvalue weighted by Crippen LogP contribution is 2.50. The van der Waals surface area contributed by atoms with Crippen LogP contribution in [0.2, 0.25) is 5.02 Å². The summed E-state index contributed by atoms with van der Waals surface area (Å²) in [5.41, 5.74) is 1.15. The Bertz CT molecular complexity index is 1350. The number of anilines is 2. The summed E-state index contributed by atoms with van der Waals surface area (Å²) in [5, 5.41) is 3.52. The third-order valence-electron chi connectivity index (χ3n) is 5.34. The maximum atomic E-state index is 14.7. The van der Waals surface area contributed by atoms with Crippen molar-refractivity contribution in [3.05, 3.63) is 62.9 Å². The smallest absolute Gasteiger partial charge is 0.261 e. The van der Waals surface area contributed by atoms with E-state index in [1.807, 2.05) is 0 Å². The van der Waals surface area contributed by atoms with Crippen molar-refractivity contribution >= 4 is 43.9 Å². The zero-order valence-corrected chi connectivity index (χ0v) is 18.2. The van der Waals surface area contributed by atoms with Gasteiger partial charge in [0.25, 0.3) is 5.56 Å². The predicted molar refractivity (Wildman–Crippen MR) is 115 cm³/mol. The molecule has 1 saturated carbocycles. The van der Waals surface area contributed by atoms with Crippen LogP contribution in [0.5, 0.6) is 0 Å². The van der Waals surface area contributed by atoms with Crippen LogP contribution in [0.3, 0.4) is 0 Å². The first-order chi connectivity index (χ1) is 14.0. The molecule has 10 heteroatoms. The normalized spacial score (nSPS) is 15.4. The second kappa shape index (κ2) is 7.04. The first kappa shape index (κ1) is 20.8. The van der Waals surface area contributed by atoms with Gasteiger partial charge in [0.05, 0.1) is 39.7 Å². The highest BCUT2D eigenvalue weighted by Gasteiger charge is 2.48. The molecule has 4 rings (SSSR count). The minimum atomic E-state index is -3.47. The number of fused-ring (bicyclic) bond motifs is 1. The van der Waals surface area contributed by atoms with Crippen molar-refractivity contribution < 1.29 is 12.8 Å². The molecule has 0 unspecified atom stereocenters. The van der Waals surface area contributed by atoms with Crippen LogP contribution in [0, 0.1) is 12.7 Å². The van der Waals surface area contributed by atoms with Gasteiger partial charge >= 0.3 is 0 Å². The molecule has 0 amide bonds. The van der Waals surface area contributed by atoms with Crippen molar-refractivity contribution in [2.75, 3.05) is 11.6 Å². The Morgan fingerprint density at radius 1 is 1.23 bits per heavy atom. The zero-order chi connectivity index (χ0) is 21.8. The summed E-state index contributed by atoms with van der Waals surface area (Å²) >= 11 is 6.53. The van der Waals surface area contributed by atoms with E-state index in [4.69, 9.17) is 11.6 Å². The number of nitrogens with one attached hydrogen (secondary N) is 2. The van der Waals surface area contributed by atoms with Gasteiger partial charge in [-0.2, -0.15) is 0 Å². The summed E-state index contributed by atoms with van der Waals surface area (Å²) in [6.45, 7) is 1.75. The van der Waals surface area contributed by atoms with Crippen LogP contribution in [-0.2, 0) is 22.6 Å². The third-order valence-corrected chi connectivity index (χ3v) is 6.50. The number of benzene rings is 2. The van der Waals surface area contributed by atoms with E-state index in [0.717, 1.165) is 6.26 Å². The molecule has 1 aliphatic carbocycles. The second-order valence-electron chi connectivity index (χ2n) is 7.66. The van der Waals surface area contributed by atoms with Crippen LogP contribution in [-0.4, -0.2) is 24.2 Å². The average Bonchev–Trinajstić information content (AvgIpc) is 3.41. The highest BCUT2D eigenvalue weighted by molar-refractivity contribution is 7.88. The predicted octanol–water partition coefficient (Wildman–Crippen LogP) is 3.32. The van der Waals surface area contributed by atoms with Gasteiger partial charge in [-0.3, -0.25) is 4.79 Å². The molecular formula is C20H20ClFN4O3S. The molecule has 2 N–H and O–H groups in total.